The van der Waals surface area contributed by atoms with Crippen molar-refractivity contribution in [1.29, 1.82) is 0 Å². The van der Waals surface area contributed by atoms with Gasteiger partial charge in [0.1, 0.15) is 0 Å². The van der Waals surface area contributed by atoms with Gasteiger partial charge in [0.25, 0.3) is 0 Å². The molecule has 10 nitrogen and oxygen atoms in total. The maximum atomic E-state index is 13.6. The predicted molar refractivity (Wildman–Crippen MR) is 176 cm³/mol. The number of anilines is 1. The Morgan fingerprint density at radius 3 is 2.23 bits per heavy atom. The molecule has 14 heteroatoms. The molecule has 0 aromatic heterocycles. The number of hydrogen-bond acceptors (Lipinski definition) is 7. The summed E-state index contributed by atoms with van der Waals surface area (Å²) in [7, 11) is -3.90. The highest BCUT2D eigenvalue weighted by atomic mass is 32.2. The highest BCUT2D eigenvalue weighted by molar-refractivity contribution is 7.89. The highest BCUT2D eigenvalue weighted by Gasteiger charge is 2.32. The molecule has 0 radical (unpaired) electrons. The van der Waals surface area contributed by atoms with Gasteiger partial charge in [0.15, 0.2) is 11.5 Å². The highest BCUT2D eigenvalue weighted by Crippen LogP contribution is 2.33. The summed E-state index contributed by atoms with van der Waals surface area (Å²) >= 11 is 0. The maximum Gasteiger partial charge on any atom is 0.416 e. The zero-order valence-electron chi connectivity index (χ0n) is 27.1. The Hall–Kier alpha value is -4.01. The molecule has 0 bridgehead atoms. The Bertz CT molecular complexity index is 1600. The number of benzene rings is 3. The molecule has 48 heavy (non-hydrogen) atoms. The number of aliphatic hydroxyl groups excluding tert-OH is 1. The molecule has 3 aromatic rings. The number of nitrogens with two attached hydrogens (primary N) is 1. The quantitative estimate of drug-likeness (QED) is 0.124. The summed E-state index contributed by atoms with van der Waals surface area (Å²) in [4.78, 5) is 15.0. The number of ether oxygens (including phenoxy) is 2. The first-order valence-electron chi connectivity index (χ1n) is 15.8. The van der Waals surface area contributed by atoms with Gasteiger partial charge in [-0.2, -0.15) is 17.5 Å². The van der Waals surface area contributed by atoms with Gasteiger partial charge in [-0.3, -0.25) is 0 Å². The Morgan fingerprint density at radius 2 is 1.58 bits per heavy atom. The lowest BCUT2D eigenvalue weighted by atomic mass is 10.1. The van der Waals surface area contributed by atoms with E-state index in [2.05, 4.69) is 5.32 Å². The van der Waals surface area contributed by atoms with Crippen LogP contribution < -0.4 is 20.5 Å². The molecular formula is C34H43F3N4O6S. The monoisotopic (exact) mass is 692 g/mol. The molecule has 1 heterocycles. The number of halogens is 3. The van der Waals surface area contributed by atoms with Crippen LogP contribution in [0.15, 0.2) is 71.6 Å². The molecule has 262 valence electrons. The van der Waals surface area contributed by atoms with E-state index in [-0.39, 0.29) is 50.4 Å². The van der Waals surface area contributed by atoms with Crippen molar-refractivity contribution in [2.45, 2.75) is 69.7 Å². The van der Waals surface area contributed by atoms with E-state index < -0.39 is 33.8 Å². The first-order chi connectivity index (χ1) is 22.8. The number of fused-ring (bicyclic) bond motifs is 1. The SMILES string of the molecule is CC(C)CCN([C@H](CO)CCCCNC(=O)N(Cc1ccc(C(F)(F)F)cc1)Cc1ccc2c(c1)OCO2)S(=O)(=O)c1ccc(N)cc1. The van der Waals surface area contributed by atoms with Gasteiger partial charge in [0.05, 0.1) is 17.1 Å². The molecule has 0 aliphatic carbocycles. The smallest absolute Gasteiger partial charge is 0.416 e. The minimum Gasteiger partial charge on any atom is -0.454 e. The second-order valence-corrected chi connectivity index (χ2v) is 14.1. The average Bonchev–Trinajstić information content (AvgIpc) is 3.51. The fourth-order valence-electron chi connectivity index (χ4n) is 5.28. The largest absolute Gasteiger partial charge is 0.454 e. The van der Waals surface area contributed by atoms with E-state index in [0.717, 1.165) is 17.7 Å². The minimum absolute atomic E-state index is 0.0544. The zero-order valence-corrected chi connectivity index (χ0v) is 27.9. The van der Waals surface area contributed by atoms with E-state index >= 15 is 0 Å². The number of urea groups is 1. The number of nitrogen functional groups attached to an aromatic ring is 1. The van der Waals surface area contributed by atoms with Crippen LogP contribution in [0, 0.1) is 5.92 Å². The summed E-state index contributed by atoms with van der Waals surface area (Å²) in [5.41, 5.74) is 6.69. The molecule has 0 unspecified atom stereocenters. The van der Waals surface area contributed by atoms with Crippen molar-refractivity contribution >= 4 is 21.7 Å². The van der Waals surface area contributed by atoms with Crippen LogP contribution in [0.2, 0.25) is 0 Å². The van der Waals surface area contributed by atoms with E-state index in [9.17, 15) is 31.5 Å². The van der Waals surface area contributed by atoms with Gasteiger partial charge in [0.2, 0.25) is 16.8 Å². The van der Waals surface area contributed by atoms with Gasteiger partial charge < -0.3 is 30.5 Å². The molecule has 1 atom stereocenters. The first kappa shape index (κ1) is 36.8. The van der Waals surface area contributed by atoms with Crippen LogP contribution in [0.1, 0.15) is 56.2 Å². The number of nitrogens with one attached hydrogen (secondary N) is 1. The Balaban J connectivity index is 1.39. The summed E-state index contributed by atoms with van der Waals surface area (Å²) < 4.78 is 78.6. The van der Waals surface area contributed by atoms with Gasteiger partial charge in [0, 0.05) is 37.9 Å². The maximum absolute atomic E-state index is 13.6. The van der Waals surface area contributed by atoms with E-state index in [4.69, 9.17) is 15.2 Å². The molecule has 0 saturated carbocycles. The summed E-state index contributed by atoms with van der Waals surface area (Å²) in [6.07, 6.45) is -2.48. The molecule has 4 N–H and O–H groups in total. The topological polar surface area (TPSA) is 134 Å². The van der Waals surface area contributed by atoms with Gasteiger partial charge in [-0.05, 0) is 84.8 Å². The summed E-state index contributed by atoms with van der Waals surface area (Å²) in [5, 5.41) is 13.1. The average molecular weight is 693 g/mol. The molecule has 3 aromatic carbocycles. The van der Waals surface area contributed by atoms with Crippen LogP contribution in [0.5, 0.6) is 11.5 Å². The van der Waals surface area contributed by atoms with Crippen molar-refractivity contribution < 1.29 is 41.0 Å². The van der Waals surface area contributed by atoms with E-state index in [1.54, 1.807) is 18.2 Å². The van der Waals surface area contributed by atoms with Crippen LogP contribution in [0.3, 0.4) is 0 Å². The number of amides is 2. The minimum atomic E-state index is -4.47. The molecule has 4 rings (SSSR count). The number of carbonyl (C=O) groups is 1. The van der Waals surface area contributed by atoms with Crippen LogP contribution in [-0.2, 0) is 29.3 Å². The lowest BCUT2D eigenvalue weighted by Gasteiger charge is -2.30. The lowest BCUT2D eigenvalue weighted by molar-refractivity contribution is -0.137. The third kappa shape index (κ3) is 10.0. The second kappa shape index (κ2) is 16.4. The van der Waals surface area contributed by atoms with Crippen molar-refractivity contribution in [3.63, 3.8) is 0 Å². The van der Waals surface area contributed by atoms with Crippen LogP contribution >= 0.6 is 0 Å². The van der Waals surface area contributed by atoms with Crippen molar-refractivity contribution in [3.05, 3.63) is 83.4 Å². The number of nitrogens with zero attached hydrogens (tertiary/aromatic N) is 2. The number of aliphatic hydroxyl groups is 1. The molecule has 1 aliphatic rings. The van der Waals surface area contributed by atoms with Gasteiger partial charge in [-0.25, -0.2) is 13.2 Å². The van der Waals surface area contributed by atoms with Crippen LogP contribution in [0.4, 0.5) is 23.7 Å². The fraction of sp³-hybridized carbons (Fsp3) is 0.441. The van der Waals surface area contributed by atoms with Gasteiger partial charge >= 0.3 is 12.2 Å². The van der Waals surface area contributed by atoms with Gasteiger partial charge in [-0.15, -0.1) is 0 Å². The van der Waals surface area contributed by atoms with Crippen molar-refractivity contribution in [2.24, 2.45) is 5.92 Å². The summed E-state index contributed by atoms with van der Waals surface area (Å²) in [6.45, 7) is 4.44. The van der Waals surface area contributed by atoms with Crippen molar-refractivity contribution in [3.8, 4) is 11.5 Å². The lowest BCUT2D eigenvalue weighted by Crippen LogP contribution is -2.43. The Labute approximate surface area is 279 Å². The van der Waals surface area contributed by atoms with Gasteiger partial charge in [-0.1, -0.05) is 38.5 Å². The Kier molecular flexibility index (Phi) is 12.6. The van der Waals surface area contributed by atoms with E-state index in [1.807, 2.05) is 13.8 Å². The first-order valence-corrected chi connectivity index (χ1v) is 17.3. The third-order valence-electron chi connectivity index (χ3n) is 8.02. The number of sulfonamides is 1. The fourth-order valence-corrected chi connectivity index (χ4v) is 6.94. The number of carbonyl (C=O) groups excluding carboxylic acids is 1. The molecule has 0 fully saturated rings. The molecule has 0 spiro atoms. The molecule has 2 amide bonds. The molecule has 0 saturated heterocycles. The molecular weight excluding hydrogens is 649 g/mol. The predicted octanol–water partition coefficient (Wildman–Crippen LogP) is 6.00. The standard InChI is InChI=1S/C34H43F3N4O6S/c1-24(2)16-18-41(48(44,45)30-13-11-28(38)12-14-30)29(22-42)5-3-4-17-39-33(43)40(20-25-6-9-27(10-7-25)34(35,36)37)21-26-8-15-31-32(19-26)47-23-46-31/h6-15,19,24,29,42H,3-5,16-18,20-23,38H2,1-2H3,(H,39,43)/t29-/m0/s1. The molecule has 1 aliphatic heterocycles. The second-order valence-electron chi connectivity index (χ2n) is 12.2. The number of unbranched alkanes of at least 4 members (excludes halogenated alkanes) is 1. The van der Waals surface area contributed by atoms with E-state index in [0.29, 0.717) is 48.4 Å². The number of hydrogen-bond donors (Lipinski definition) is 3. The normalized spacial score (nSPS) is 13.6. The summed E-state index contributed by atoms with van der Waals surface area (Å²) in [6, 6.07) is 14.8. The van der Waals surface area contributed by atoms with Crippen molar-refractivity contribution in [1.82, 2.24) is 14.5 Å². The van der Waals surface area contributed by atoms with Crippen LogP contribution in [0.25, 0.3) is 0 Å². The third-order valence-corrected chi connectivity index (χ3v) is 9.99. The Morgan fingerprint density at radius 1 is 0.938 bits per heavy atom. The van der Waals surface area contributed by atoms with Crippen LogP contribution in [-0.4, -0.2) is 61.3 Å². The number of alkyl halides is 3. The van der Waals surface area contributed by atoms with Crippen molar-refractivity contribution in [2.75, 3.05) is 32.2 Å². The number of rotatable bonds is 16. The van der Waals surface area contributed by atoms with E-state index in [1.165, 1.54) is 45.6 Å². The summed E-state index contributed by atoms with van der Waals surface area (Å²) in [5.74, 6) is 1.37. The zero-order chi connectivity index (χ0) is 34.9.